The SMILES string of the molecule is COC[C@@H]1CCCN1NC(=O)c1cc(OC)c(OC)c(OC)c1I. The van der Waals surface area contributed by atoms with E-state index in [1.807, 2.05) is 5.01 Å². The van der Waals surface area contributed by atoms with Crippen molar-refractivity contribution in [2.75, 3.05) is 41.6 Å². The van der Waals surface area contributed by atoms with E-state index in [4.69, 9.17) is 18.9 Å². The Morgan fingerprint density at radius 1 is 1.25 bits per heavy atom. The molecule has 7 nitrogen and oxygen atoms in total. The Morgan fingerprint density at radius 3 is 2.54 bits per heavy atom. The number of ether oxygens (including phenoxy) is 4. The predicted octanol–water partition coefficient (Wildman–Crippen LogP) is 2.07. The normalized spacial score (nSPS) is 17.6. The molecule has 24 heavy (non-hydrogen) atoms. The van der Waals surface area contributed by atoms with Gasteiger partial charge >= 0.3 is 0 Å². The molecular formula is C16H23IN2O5. The van der Waals surface area contributed by atoms with Crippen molar-refractivity contribution in [1.82, 2.24) is 10.4 Å². The molecule has 134 valence electrons. The first-order chi connectivity index (χ1) is 11.6. The highest BCUT2D eigenvalue weighted by molar-refractivity contribution is 14.1. The first-order valence-electron chi connectivity index (χ1n) is 7.62. The lowest BCUT2D eigenvalue weighted by molar-refractivity contribution is 0.0610. The Labute approximate surface area is 155 Å². The maximum Gasteiger partial charge on any atom is 0.266 e. The van der Waals surface area contributed by atoms with Crippen molar-refractivity contribution in [3.63, 3.8) is 0 Å². The second kappa shape index (κ2) is 8.72. The van der Waals surface area contributed by atoms with Crippen LogP contribution >= 0.6 is 22.6 Å². The average Bonchev–Trinajstić information content (AvgIpc) is 3.01. The van der Waals surface area contributed by atoms with Gasteiger partial charge in [-0.05, 0) is 41.5 Å². The number of hydrogen-bond acceptors (Lipinski definition) is 6. The fraction of sp³-hybridized carbons (Fsp3) is 0.562. The zero-order chi connectivity index (χ0) is 17.7. The molecule has 0 spiro atoms. The van der Waals surface area contributed by atoms with Gasteiger partial charge in [-0.15, -0.1) is 0 Å². The predicted molar refractivity (Wildman–Crippen MR) is 97.9 cm³/mol. The number of nitrogens with one attached hydrogen (secondary N) is 1. The number of nitrogens with zero attached hydrogens (tertiary/aromatic N) is 1. The fourth-order valence-electron chi connectivity index (χ4n) is 2.83. The van der Waals surface area contributed by atoms with Crippen molar-refractivity contribution in [3.8, 4) is 17.2 Å². The van der Waals surface area contributed by atoms with Gasteiger partial charge in [-0.25, -0.2) is 5.01 Å². The van der Waals surface area contributed by atoms with E-state index in [0.29, 0.717) is 33.0 Å². The van der Waals surface area contributed by atoms with Gasteiger partial charge < -0.3 is 18.9 Å². The number of amides is 1. The number of rotatable bonds is 7. The summed E-state index contributed by atoms with van der Waals surface area (Å²) in [4.78, 5) is 12.8. The maximum absolute atomic E-state index is 12.8. The van der Waals surface area contributed by atoms with Gasteiger partial charge in [0.05, 0.1) is 43.1 Å². The summed E-state index contributed by atoms with van der Waals surface area (Å²) in [5, 5.41) is 1.94. The van der Waals surface area contributed by atoms with Crippen molar-refractivity contribution in [2.45, 2.75) is 18.9 Å². The number of methoxy groups -OCH3 is 4. The topological polar surface area (TPSA) is 69.3 Å². The van der Waals surface area contributed by atoms with Crippen LogP contribution in [0.15, 0.2) is 6.07 Å². The molecule has 1 atom stereocenters. The fourth-order valence-corrected chi connectivity index (χ4v) is 3.69. The molecule has 0 unspecified atom stereocenters. The van der Waals surface area contributed by atoms with Gasteiger partial charge in [0, 0.05) is 13.7 Å². The van der Waals surface area contributed by atoms with Crippen LogP contribution in [0.25, 0.3) is 0 Å². The van der Waals surface area contributed by atoms with E-state index in [-0.39, 0.29) is 11.9 Å². The van der Waals surface area contributed by atoms with Crippen LogP contribution in [0.1, 0.15) is 23.2 Å². The largest absolute Gasteiger partial charge is 0.493 e. The van der Waals surface area contributed by atoms with Gasteiger partial charge in [0.2, 0.25) is 5.75 Å². The minimum absolute atomic E-state index is 0.193. The van der Waals surface area contributed by atoms with Crippen LogP contribution in [-0.4, -0.2) is 58.5 Å². The second-order valence-electron chi connectivity index (χ2n) is 5.39. The van der Waals surface area contributed by atoms with Crippen LogP contribution in [0.5, 0.6) is 17.2 Å². The number of carbonyl (C=O) groups excluding carboxylic acids is 1. The standard InChI is InChI=1S/C16H23IN2O5/c1-21-9-10-6-5-7-19(10)18-16(20)11-8-12(22-2)14(23-3)15(24-4)13(11)17/h8,10H,5-7,9H2,1-4H3,(H,18,20)/t10-/m0/s1. The molecule has 0 saturated carbocycles. The van der Waals surface area contributed by atoms with E-state index in [9.17, 15) is 4.79 Å². The lowest BCUT2D eigenvalue weighted by Crippen LogP contribution is -2.46. The van der Waals surface area contributed by atoms with Crippen LogP contribution in [0.4, 0.5) is 0 Å². The molecule has 1 fully saturated rings. The third kappa shape index (κ3) is 3.86. The summed E-state index contributed by atoms with van der Waals surface area (Å²) in [6, 6.07) is 1.86. The first-order valence-corrected chi connectivity index (χ1v) is 8.70. The van der Waals surface area contributed by atoms with Crippen molar-refractivity contribution in [2.24, 2.45) is 0 Å². The molecule has 1 aliphatic rings. The molecule has 8 heteroatoms. The summed E-state index contributed by atoms with van der Waals surface area (Å²) in [5.74, 6) is 1.20. The highest BCUT2D eigenvalue weighted by Gasteiger charge is 2.28. The molecule has 0 bridgehead atoms. The Bertz CT molecular complexity index is 596. The zero-order valence-electron chi connectivity index (χ0n) is 14.3. The Kier molecular flexibility index (Phi) is 6.93. The minimum Gasteiger partial charge on any atom is -0.493 e. The molecule has 1 amide bonds. The van der Waals surface area contributed by atoms with Gasteiger partial charge in [0.15, 0.2) is 11.5 Å². The van der Waals surface area contributed by atoms with E-state index in [1.54, 1.807) is 13.2 Å². The molecule has 1 aliphatic heterocycles. The number of hydrazine groups is 1. The van der Waals surface area contributed by atoms with Crippen molar-refractivity contribution < 1.29 is 23.7 Å². The van der Waals surface area contributed by atoms with Crippen LogP contribution in [0, 0.1) is 3.57 Å². The number of hydrogen-bond donors (Lipinski definition) is 1. The molecule has 0 radical (unpaired) electrons. The Hall–Kier alpha value is -1.26. The van der Waals surface area contributed by atoms with Crippen LogP contribution in [-0.2, 0) is 4.74 Å². The summed E-state index contributed by atoms with van der Waals surface area (Å²) in [5.41, 5.74) is 3.45. The second-order valence-corrected chi connectivity index (χ2v) is 6.47. The smallest absolute Gasteiger partial charge is 0.266 e. The lowest BCUT2D eigenvalue weighted by Gasteiger charge is -2.25. The van der Waals surface area contributed by atoms with Crippen molar-refractivity contribution in [3.05, 3.63) is 15.2 Å². The van der Waals surface area contributed by atoms with Gasteiger partial charge in [0.1, 0.15) is 0 Å². The number of carbonyl (C=O) groups is 1. The van der Waals surface area contributed by atoms with Gasteiger partial charge in [-0.1, -0.05) is 0 Å². The average molecular weight is 450 g/mol. The molecule has 1 N–H and O–H groups in total. The molecule has 1 aromatic rings. The van der Waals surface area contributed by atoms with Crippen LogP contribution in [0.2, 0.25) is 0 Å². The van der Waals surface area contributed by atoms with Crippen LogP contribution < -0.4 is 19.6 Å². The molecule has 1 saturated heterocycles. The van der Waals surface area contributed by atoms with E-state index in [0.717, 1.165) is 19.4 Å². The van der Waals surface area contributed by atoms with E-state index in [2.05, 4.69) is 28.0 Å². The molecular weight excluding hydrogens is 427 g/mol. The Morgan fingerprint density at radius 2 is 1.96 bits per heavy atom. The van der Waals surface area contributed by atoms with E-state index in [1.165, 1.54) is 21.3 Å². The number of halogens is 1. The molecule has 0 aliphatic carbocycles. The zero-order valence-corrected chi connectivity index (χ0v) is 16.5. The highest BCUT2D eigenvalue weighted by Crippen LogP contribution is 2.42. The maximum atomic E-state index is 12.8. The van der Waals surface area contributed by atoms with Crippen molar-refractivity contribution in [1.29, 1.82) is 0 Å². The molecule has 1 heterocycles. The quantitative estimate of drug-likeness (QED) is 0.642. The molecule has 0 aromatic heterocycles. The lowest BCUT2D eigenvalue weighted by atomic mass is 10.1. The monoisotopic (exact) mass is 450 g/mol. The highest BCUT2D eigenvalue weighted by atomic mass is 127. The molecule has 1 aromatic carbocycles. The van der Waals surface area contributed by atoms with Gasteiger partial charge in [-0.2, -0.15) is 0 Å². The summed E-state index contributed by atoms with van der Waals surface area (Å²) < 4.78 is 22.0. The summed E-state index contributed by atoms with van der Waals surface area (Å²) in [6.07, 6.45) is 2.03. The van der Waals surface area contributed by atoms with E-state index >= 15 is 0 Å². The Balaban J connectivity index is 2.29. The summed E-state index contributed by atoms with van der Waals surface area (Å²) >= 11 is 2.08. The van der Waals surface area contributed by atoms with Crippen LogP contribution in [0.3, 0.4) is 0 Å². The summed E-state index contributed by atoms with van der Waals surface area (Å²) in [6.45, 7) is 1.40. The number of benzene rings is 1. The minimum atomic E-state index is -0.207. The molecule has 2 rings (SSSR count). The third-order valence-corrected chi connectivity index (χ3v) is 5.07. The first kappa shape index (κ1) is 19.1. The summed E-state index contributed by atoms with van der Waals surface area (Å²) in [7, 11) is 6.27. The van der Waals surface area contributed by atoms with Crippen molar-refractivity contribution >= 4 is 28.5 Å². The van der Waals surface area contributed by atoms with E-state index < -0.39 is 0 Å². The van der Waals surface area contributed by atoms with Gasteiger partial charge in [-0.3, -0.25) is 10.2 Å². The van der Waals surface area contributed by atoms with Gasteiger partial charge in [0.25, 0.3) is 5.91 Å². The third-order valence-electron chi connectivity index (χ3n) is 4.00.